The van der Waals surface area contributed by atoms with Gasteiger partial charge in [0.15, 0.2) is 0 Å². The van der Waals surface area contributed by atoms with Gasteiger partial charge >= 0.3 is 6.18 Å². The SMILES string of the molecule is O=C(Nc1ccc(NC(=O)c2ccc(Cn3cccn3)cc2)c(C(F)(F)F)c1)c1ccc(F)cc1. The molecule has 0 aliphatic rings. The summed E-state index contributed by atoms with van der Waals surface area (Å²) >= 11 is 0. The van der Waals surface area contributed by atoms with Gasteiger partial charge in [-0.1, -0.05) is 12.1 Å². The number of anilines is 2. The number of alkyl halides is 3. The third kappa shape index (κ3) is 5.91. The molecule has 0 spiro atoms. The second kappa shape index (κ2) is 9.80. The molecule has 4 rings (SSSR count). The molecule has 0 unspecified atom stereocenters. The van der Waals surface area contributed by atoms with Crippen LogP contribution in [0.2, 0.25) is 0 Å². The summed E-state index contributed by atoms with van der Waals surface area (Å²) in [5.74, 6) is -1.97. The first-order valence-corrected chi connectivity index (χ1v) is 10.3. The molecule has 0 saturated heterocycles. The Labute approximate surface area is 197 Å². The van der Waals surface area contributed by atoms with Gasteiger partial charge in [-0.05, 0) is 66.2 Å². The zero-order valence-electron chi connectivity index (χ0n) is 18.0. The molecule has 1 heterocycles. The van der Waals surface area contributed by atoms with Crippen molar-refractivity contribution in [1.82, 2.24) is 9.78 Å². The van der Waals surface area contributed by atoms with E-state index in [4.69, 9.17) is 0 Å². The van der Waals surface area contributed by atoms with Crippen LogP contribution in [0, 0.1) is 5.82 Å². The lowest BCUT2D eigenvalue weighted by molar-refractivity contribution is -0.136. The summed E-state index contributed by atoms with van der Waals surface area (Å²) in [6.07, 6.45) is -1.38. The first-order valence-electron chi connectivity index (χ1n) is 10.3. The Morgan fingerprint density at radius 3 is 2.09 bits per heavy atom. The second-order valence-corrected chi connectivity index (χ2v) is 7.57. The molecule has 0 aliphatic carbocycles. The van der Waals surface area contributed by atoms with Gasteiger partial charge in [0.2, 0.25) is 0 Å². The van der Waals surface area contributed by atoms with E-state index in [1.54, 1.807) is 35.3 Å². The minimum Gasteiger partial charge on any atom is -0.322 e. The van der Waals surface area contributed by atoms with E-state index in [-0.39, 0.29) is 16.8 Å². The van der Waals surface area contributed by atoms with Gasteiger partial charge in [0.25, 0.3) is 11.8 Å². The third-order valence-electron chi connectivity index (χ3n) is 5.06. The van der Waals surface area contributed by atoms with Crippen LogP contribution in [-0.4, -0.2) is 21.6 Å². The summed E-state index contributed by atoms with van der Waals surface area (Å²) in [7, 11) is 0. The van der Waals surface area contributed by atoms with Crippen LogP contribution in [0.1, 0.15) is 31.8 Å². The number of aromatic nitrogens is 2. The molecule has 2 N–H and O–H groups in total. The third-order valence-corrected chi connectivity index (χ3v) is 5.06. The monoisotopic (exact) mass is 482 g/mol. The van der Waals surface area contributed by atoms with Crippen LogP contribution in [0.15, 0.2) is 85.2 Å². The molecule has 1 aromatic heterocycles. The molecular weight excluding hydrogens is 464 g/mol. The zero-order chi connectivity index (χ0) is 25.0. The van der Waals surface area contributed by atoms with Crippen LogP contribution in [0.5, 0.6) is 0 Å². The Morgan fingerprint density at radius 2 is 1.49 bits per heavy atom. The first kappa shape index (κ1) is 23.7. The maximum Gasteiger partial charge on any atom is 0.418 e. The average molecular weight is 482 g/mol. The number of rotatable bonds is 6. The lowest BCUT2D eigenvalue weighted by Crippen LogP contribution is -2.18. The van der Waals surface area contributed by atoms with E-state index >= 15 is 0 Å². The molecule has 0 aliphatic heterocycles. The molecule has 4 aromatic rings. The predicted octanol–water partition coefficient (Wildman–Crippen LogP) is 5.59. The van der Waals surface area contributed by atoms with Crippen molar-refractivity contribution >= 4 is 23.2 Å². The number of amides is 2. The van der Waals surface area contributed by atoms with Gasteiger partial charge in [-0.2, -0.15) is 18.3 Å². The van der Waals surface area contributed by atoms with Crippen LogP contribution >= 0.6 is 0 Å². The van der Waals surface area contributed by atoms with E-state index in [0.29, 0.717) is 6.54 Å². The fourth-order valence-corrected chi connectivity index (χ4v) is 3.31. The lowest BCUT2D eigenvalue weighted by Gasteiger charge is -2.16. The average Bonchev–Trinajstić information content (AvgIpc) is 3.33. The molecule has 0 atom stereocenters. The molecule has 0 fully saturated rings. The van der Waals surface area contributed by atoms with Crippen molar-refractivity contribution < 1.29 is 27.2 Å². The Hall–Kier alpha value is -4.47. The molecule has 3 aromatic carbocycles. The van der Waals surface area contributed by atoms with Crippen LogP contribution < -0.4 is 10.6 Å². The normalized spacial score (nSPS) is 11.2. The maximum atomic E-state index is 13.7. The highest BCUT2D eigenvalue weighted by Gasteiger charge is 2.34. The molecule has 0 saturated carbocycles. The molecule has 178 valence electrons. The molecule has 0 bridgehead atoms. The summed E-state index contributed by atoms with van der Waals surface area (Å²) in [6, 6.07) is 15.8. The standard InChI is InChI=1S/C25H18F4N4O2/c26-19-8-6-18(7-9-19)23(34)31-20-10-11-22(21(14-20)25(27,28)29)32-24(35)17-4-2-16(3-5-17)15-33-13-1-12-30-33/h1-14H,15H2,(H,31,34)(H,32,35). The number of halogens is 4. The van der Waals surface area contributed by atoms with E-state index in [9.17, 15) is 27.2 Å². The molecular formula is C25H18F4N4O2. The van der Waals surface area contributed by atoms with E-state index < -0.39 is 35.1 Å². The number of nitrogens with zero attached hydrogens (tertiary/aromatic N) is 2. The smallest absolute Gasteiger partial charge is 0.322 e. The van der Waals surface area contributed by atoms with E-state index in [2.05, 4.69) is 15.7 Å². The predicted molar refractivity (Wildman–Crippen MR) is 122 cm³/mol. The van der Waals surface area contributed by atoms with Gasteiger partial charge < -0.3 is 10.6 Å². The van der Waals surface area contributed by atoms with Crippen LogP contribution in [-0.2, 0) is 12.7 Å². The van der Waals surface area contributed by atoms with Crippen molar-refractivity contribution in [2.24, 2.45) is 0 Å². The summed E-state index contributed by atoms with van der Waals surface area (Å²) in [4.78, 5) is 24.9. The number of nitrogens with one attached hydrogen (secondary N) is 2. The van der Waals surface area contributed by atoms with Gasteiger partial charge in [0.05, 0.1) is 17.8 Å². The van der Waals surface area contributed by atoms with Gasteiger partial charge in [0, 0.05) is 29.2 Å². The zero-order valence-corrected chi connectivity index (χ0v) is 18.0. The summed E-state index contributed by atoms with van der Waals surface area (Å²) in [6.45, 7) is 0.484. The number of carbonyl (C=O) groups is 2. The van der Waals surface area contributed by atoms with Crippen molar-refractivity contribution in [3.63, 3.8) is 0 Å². The van der Waals surface area contributed by atoms with Gasteiger partial charge in [-0.3, -0.25) is 14.3 Å². The maximum absolute atomic E-state index is 13.7. The minimum absolute atomic E-state index is 0.0772. The summed E-state index contributed by atoms with van der Waals surface area (Å²) < 4.78 is 55.8. The number of carbonyl (C=O) groups excluding carboxylic acids is 2. The van der Waals surface area contributed by atoms with Crippen LogP contribution in [0.3, 0.4) is 0 Å². The molecule has 10 heteroatoms. The molecule has 2 amide bonds. The van der Waals surface area contributed by atoms with Crippen molar-refractivity contribution in [1.29, 1.82) is 0 Å². The summed E-state index contributed by atoms with van der Waals surface area (Å²) in [5.41, 5.74) is -0.597. The quantitative estimate of drug-likeness (QED) is 0.352. The highest BCUT2D eigenvalue weighted by molar-refractivity contribution is 6.06. The highest BCUT2D eigenvalue weighted by atomic mass is 19.4. The number of hydrogen-bond acceptors (Lipinski definition) is 3. The van der Waals surface area contributed by atoms with Crippen LogP contribution in [0.25, 0.3) is 0 Å². The van der Waals surface area contributed by atoms with Gasteiger partial charge in [-0.25, -0.2) is 4.39 Å². The van der Waals surface area contributed by atoms with E-state index in [1.165, 1.54) is 30.3 Å². The Balaban J connectivity index is 1.50. The Morgan fingerprint density at radius 1 is 0.857 bits per heavy atom. The Kier molecular flexibility index (Phi) is 6.63. The summed E-state index contributed by atoms with van der Waals surface area (Å²) in [5, 5.41) is 8.72. The Bertz CT molecular complexity index is 1330. The highest BCUT2D eigenvalue weighted by Crippen LogP contribution is 2.37. The van der Waals surface area contributed by atoms with Gasteiger partial charge in [-0.15, -0.1) is 0 Å². The topological polar surface area (TPSA) is 76.0 Å². The number of benzene rings is 3. The van der Waals surface area contributed by atoms with Crippen molar-refractivity contribution in [3.05, 3.63) is 113 Å². The molecule has 35 heavy (non-hydrogen) atoms. The fourth-order valence-electron chi connectivity index (χ4n) is 3.31. The first-order chi connectivity index (χ1) is 16.7. The fraction of sp³-hybridized carbons (Fsp3) is 0.0800. The molecule has 6 nitrogen and oxygen atoms in total. The van der Waals surface area contributed by atoms with E-state index in [0.717, 1.165) is 29.8 Å². The minimum atomic E-state index is -4.80. The largest absolute Gasteiger partial charge is 0.418 e. The van der Waals surface area contributed by atoms with E-state index in [1.807, 2.05) is 0 Å². The van der Waals surface area contributed by atoms with Gasteiger partial charge in [0.1, 0.15) is 5.82 Å². The molecule has 0 radical (unpaired) electrons. The van der Waals surface area contributed by atoms with Crippen LogP contribution in [0.4, 0.5) is 28.9 Å². The lowest BCUT2D eigenvalue weighted by atomic mass is 10.1. The second-order valence-electron chi connectivity index (χ2n) is 7.57. The van der Waals surface area contributed by atoms with Crippen molar-refractivity contribution in [2.45, 2.75) is 12.7 Å². The number of hydrogen-bond donors (Lipinski definition) is 2. The van der Waals surface area contributed by atoms with Crippen molar-refractivity contribution in [2.75, 3.05) is 10.6 Å². The van der Waals surface area contributed by atoms with Crippen molar-refractivity contribution in [3.8, 4) is 0 Å².